The molecule has 2 aromatic carbocycles. The summed E-state index contributed by atoms with van der Waals surface area (Å²) in [4.78, 5) is 29.2. The van der Waals surface area contributed by atoms with Gasteiger partial charge in [-0.25, -0.2) is 9.36 Å². The summed E-state index contributed by atoms with van der Waals surface area (Å²) in [6.45, 7) is 4.19. The minimum atomic E-state index is -0.411. The van der Waals surface area contributed by atoms with Crippen LogP contribution in [0.15, 0.2) is 62.6 Å². The van der Waals surface area contributed by atoms with Crippen molar-refractivity contribution >= 4 is 15.9 Å². The molecule has 0 unspecified atom stereocenters. The van der Waals surface area contributed by atoms with Crippen LogP contribution in [0.5, 0.6) is 0 Å². The minimum absolute atomic E-state index is 0.232. The van der Waals surface area contributed by atoms with Gasteiger partial charge in [-0.1, -0.05) is 54.0 Å². The first-order valence-electron chi connectivity index (χ1n) is 8.68. The topological polar surface area (TPSA) is 54.9 Å². The normalized spacial score (nSPS) is 18.3. The largest absolute Gasteiger partial charge is 0.333 e. The fourth-order valence-electron chi connectivity index (χ4n) is 3.85. The number of nitrogens with zero attached hydrogens (tertiary/aromatic N) is 1. The minimum Gasteiger partial charge on any atom is -0.306 e. The van der Waals surface area contributed by atoms with Gasteiger partial charge in [0.25, 0.3) is 5.56 Å². The second-order valence-electron chi connectivity index (χ2n) is 7.05. The highest BCUT2D eigenvalue weighted by Crippen LogP contribution is 2.41. The lowest BCUT2D eigenvalue weighted by atomic mass is 9.69. The van der Waals surface area contributed by atoms with Crippen LogP contribution in [0.3, 0.4) is 0 Å². The molecular formula is C21H19BrN2O2. The molecule has 0 fully saturated rings. The van der Waals surface area contributed by atoms with Gasteiger partial charge in [-0.15, -0.1) is 0 Å². The van der Waals surface area contributed by atoms with Crippen LogP contribution in [0.25, 0.3) is 16.9 Å². The molecule has 0 amide bonds. The van der Waals surface area contributed by atoms with E-state index in [2.05, 4.69) is 40.8 Å². The number of rotatable bonds is 2. The van der Waals surface area contributed by atoms with Gasteiger partial charge in [-0.2, -0.15) is 0 Å². The Bertz CT molecular complexity index is 1110. The molecule has 0 radical (unpaired) electrons. The number of H-pyrrole nitrogens is 1. The molecule has 4 rings (SSSR count). The van der Waals surface area contributed by atoms with Crippen LogP contribution in [0, 0.1) is 0 Å². The Hall–Kier alpha value is -2.40. The van der Waals surface area contributed by atoms with E-state index in [1.165, 1.54) is 10.1 Å². The summed E-state index contributed by atoms with van der Waals surface area (Å²) in [6, 6.07) is 15.2. The predicted octanol–water partition coefficient (Wildman–Crippen LogP) is 4.18. The predicted molar refractivity (Wildman–Crippen MR) is 107 cm³/mol. The Morgan fingerprint density at radius 3 is 2.50 bits per heavy atom. The molecule has 5 heteroatoms. The first kappa shape index (κ1) is 17.0. The Kier molecular flexibility index (Phi) is 3.99. The summed E-state index contributed by atoms with van der Waals surface area (Å²) in [6.07, 6.45) is 1.60. The number of aromatic amines is 1. The van der Waals surface area contributed by atoms with Gasteiger partial charge in [0.05, 0.1) is 11.4 Å². The first-order chi connectivity index (χ1) is 12.4. The van der Waals surface area contributed by atoms with E-state index in [1.54, 1.807) is 12.1 Å². The van der Waals surface area contributed by atoms with Crippen molar-refractivity contribution in [2.75, 3.05) is 0 Å². The van der Waals surface area contributed by atoms with Gasteiger partial charge in [0.15, 0.2) is 0 Å². The SMILES string of the molecule is CC[C@]1(C)Cc2ccccc2-c2[nH]c(=O)n(-c3ccc(Br)cc3)c(=O)c21. The zero-order chi connectivity index (χ0) is 18.5. The molecule has 1 N–H and O–H groups in total. The van der Waals surface area contributed by atoms with E-state index in [0.29, 0.717) is 16.9 Å². The molecule has 3 aromatic rings. The van der Waals surface area contributed by atoms with Gasteiger partial charge in [-0.3, -0.25) is 4.79 Å². The maximum atomic E-state index is 13.4. The summed E-state index contributed by atoms with van der Waals surface area (Å²) in [7, 11) is 0. The molecule has 0 saturated carbocycles. The average Bonchev–Trinajstić information content (AvgIpc) is 2.63. The zero-order valence-corrected chi connectivity index (χ0v) is 16.3. The number of nitrogens with one attached hydrogen (secondary N) is 1. The summed E-state index contributed by atoms with van der Waals surface area (Å²) < 4.78 is 2.14. The number of benzene rings is 2. The quantitative estimate of drug-likeness (QED) is 0.688. The van der Waals surface area contributed by atoms with Crippen LogP contribution in [0.4, 0.5) is 0 Å². The van der Waals surface area contributed by atoms with Crippen molar-refractivity contribution in [3.8, 4) is 16.9 Å². The maximum absolute atomic E-state index is 13.4. The molecule has 0 bridgehead atoms. The lowest BCUT2D eigenvalue weighted by molar-refractivity contribution is 0.437. The van der Waals surface area contributed by atoms with E-state index in [0.717, 1.165) is 22.9 Å². The van der Waals surface area contributed by atoms with E-state index < -0.39 is 5.69 Å². The Balaban J connectivity index is 2.08. The number of halogens is 1. The molecule has 4 nitrogen and oxygen atoms in total. The van der Waals surface area contributed by atoms with E-state index >= 15 is 0 Å². The molecule has 0 saturated heterocycles. The van der Waals surface area contributed by atoms with E-state index in [4.69, 9.17) is 0 Å². The third-order valence-corrected chi connectivity index (χ3v) is 5.97. The Labute approximate surface area is 159 Å². The van der Waals surface area contributed by atoms with Gasteiger partial charge >= 0.3 is 5.69 Å². The van der Waals surface area contributed by atoms with Crippen LogP contribution >= 0.6 is 15.9 Å². The monoisotopic (exact) mass is 410 g/mol. The van der Waals surface area contributed by atoms with Gasteiger partial charge in [0.2, 0.25) is 0 Å². The van der Waals surface area contributed by atoms with E-state index in [-0.39, 0.29) is 11.0 Å². The third-order valence-electron chi connectivity index (χ3n) is 5.44. The summed E-state index contributed by atoms with van der Waals surface area (Å²) in [5.74, 6) is 0. The Morgan fingerprint density at radius 2 is 1.81 bits per heavy atom. The average molecular weight is 411 g/mol. The highest BCUT2D eigenvalue weighted by Gasteiger charge is 2.37. The van der Waals surface area contributed by atoms with Crippen LogP contribution in [-0.2, 0) is 11.8 Å². The van der Waals surface area contributed by atoms with Gasteiger partial charge in [0, 0.05) is 21.0 Å². The fourth-order valence-corrected chi connectivity index (χ4v) is 4.12. The molecule has 26 heavy (non-hydrogen) atoms. The zero-order valence-electron chi connectivity index (χ0n) is 14.7. The van der Waals surface area contributed by atoms with Crippen molar-refractivity contribution in [1.82, 2.24) is 9.55 Å². The molecule has 1 aliphatic carbocycles. The summed E-state index contributed by atoms with van der Waals surface area (Å²) >= 11 is 3.39. The highest BCUT2D eigenvalue weighted by atomic mass is 79.9. The van der Waals surface area contributed by atoms with Gasteiger partial charge in [-0.05, 0) is 42.7 Å². The smallest absolute Gasteiger partial charge is 0.306 e. The summed E-state index contributed by atoms with van der Waals surface area (Å²) in [5.41, 5.74) is 3.09. The van der Waals surface area contributed by atoms with E-state index in [1.807, 2.05) is 30.3 Å². The molecule has 1 aliphatic rings. The van der Waals surface area contributed by atoms with Gasteiger partial charge < -0.3 is 4.98 Å². The van der Waals surface area contributed by atoms with Gasteiger partial charge in [0.1, 0.15) is 0 Å². The molecule has 1 heterocycles. The number of aromatic nitrogens is 2. The van der Waals surface area contributed by atoms with Crippen molar-refractivity contribution in [3.05, 3.63) is 85.0 Å². The third kappa shape index (κ3) is 2.50. The van der Waals surface area contributed by atoms with Crippen LogP contribution in [-0.4, -0.2) is 9.55 Å². The van der Waals surface area contributed by atoms with Crippen molar-refractivity contribution in [1.29, 1.82) is 0 Å². The second-order valence-corrected chi connectivity index (χ2v) is 7.96. The van der Waals surface area contributed by atoms with Crippen LogP contribution in [0.1, 0.15) is 31.4 Å². The molecule has 132 valence electrons. The lowest BCUT2D eigenvalue weighted by Crippen LogP contribution is -2.44. The molecule has 0 aliphatic heterocycles. The molecular weight excluding hydrogens is 392 g/mol. The molecule has 1 atom stereocenters. The van der Waals surface area contributed by atoms with Crippen molar-refractivity contribution < 1.29 is 0 Å². The summed E-state index contributed by atoms with van der Waals surface area (Å²) in [5, 5.41) is 0. The van der Waals surface area contributed by atoms with E-state index in [9.17, 15) is 9.59 Å². The number of hydrogen-bond donors (Lipinski definition) is 1. The van der Waals surface area contributed by atoms with Crippen molar-refractivity contribution in [3.63, 3.8) is 0 Å². The van der Waals surface area contributed by atoms with Crippen LogP contribution < -0.4 is 11.2 Å². The second kappa shape index (κ2) is 6.09. The first-order valence-corrected chi connectivity index (χ1v) is 9.48. The van der Waals surface area contributed by atoms with Crippen LogP contribution in [0.2, 0.25) is 0 Å². The number of fused-ring (bicyclic) bond motifs is 3. The molecule has 0 spiro atoms. The number of hydrogen-bond acceptors (Lipinski definition) is 2. The molecule has 1 aromatic heterocycles. The standard InChI is InChI=1S/C21H19BrN2O2/c1-3-21(2)12-13-6-4-5-7-16(13)18-17(21)19(25)24(20(26)23-18)15-10-8-14(22)9-11-15/h4-11H,3,12H2,1-2H3,(H,23,26)/t21-/m1/s1. The fraction of sp³-hybridized carbons (Fsp3) is 0.238. The highest BCUT2D eigenvalue weighted by molar-refractivity contribution is 9.10. The Morgan fingerprint density at radius 1 is 1.12 bits per heavy atom. The van der Waals surface area contributed by atoms with Crippen molar-refractivity contribution in [2.24, 2.45) is 0 Å². The maximum Gasteiger partial charge on any atom is 0.333 e. The lowest BCUT2D eigenvalue weighted by Gasteiger charge is -2.35. The van der Waals surface area contributed by atoms with Crippen molar-refractivity contribution in [2.45, 2.75) is 32.1 Å².